The minimum Gasteiger partial charge on any atom is -0.497 e. The second-order valence-electron chi connectivity index (χ2n) is 6.54. The summed E-state index contributed by atoms with van der Waals surface area (Å²) >= 11 is 1.64. The van der Waals surface area contributed by atoms with Gasteiger partial charge in [-0.1, -0.05) is 31.0 Å². The van der Waals surface area contributed by atoms with E-state index in [0.717, 1.165) is 28.0 Å². The first kappa shape index (κ1) is 17.8. The summed E-state index contributed by atoms with van der Waals surface area (Å²) in [6, 6.07) is 10.7. The van der Waals surface area contributed by atoms with Crippen molar-refractivity contribution in [1.82, 2.24) is 14.8 Å². The van der Waals surface area contributed by atoms with Crippen molar-refractivity contribution in [3.05, 3.63) is 24.3 Å². The number of ether oxygens (including phenoxy) is 1. The van der Waals surface area contributed by atoms with E-state index in [9.17, 15) is 0 Å². The zero-order valence-corrected chi connectivity index (χ0v) is 15.6. The van der Waals surface area contributed by atoms with Gasteiger partial charge in [0.1, 0.15) is 5.75 Å². The highest BCUT2D eigenvalue weighted by molar-refractivity contribution is 7.99. The molecule has 1 aliphatic rings. The first-order chi connectivity index (χ1) is 12.2. The third-order valence-corrected chi connectivity index (χ3v) is 5.84. The highest BCUT2D eigenvalue weighted by Gasteiger charge is 2.24. The molecule has 0 saturated heterocycles. The van der Waals surface area contributed by atoms with Crippen LogP contribution in [0.25, 0.3) is 11.4 Å². The van der Waals surface area contributed by atoms with E-state index in [4.69, 9.17) is 10.00 Å². The number of hydrogen-bond donors (Lipinski definition) is 0. The summed E-state index contributed by atoms with van der Waals surface area (Å²) < 4.78 is 7.56. The van der Waals surface area contributed by atoms with Crippen molar-refractivity contribution in [3.63, 3.8) is 0 Å². The number of hydrogen-bond acceptors (Lipinski definition) is 5. The van der Waals surface area contributed by atoms with E-state index < -0.39 is 0 Å². The second-order valence-corrected chi connectivity index (χ2v) is 7.52. The van der Waals surface area contributed by atoms with Crippen molar-refractivity contribution in [2.45, 2.75) is 50.2 Å². The van der Waals surface area contributed by atoms with Crippen LogP contribution in [0.3, 0.4) is 0 Å². The number of nitriles is 1. The predicted molar refractivity (Wildman–Crippen MR) is 99.6 cm³/mol. The van der Waals surface area contributed by atoms with Crippen molar-refractivity contribution >= 4 is 11.8 Å². The van der Waals surface area contributed by atoms with Crippen molar-refractivity contribution in [1.29, 1.82) is 5.26 Å². The van der Waals surface area contributed by atoms with Gasteiger partial charge in [0.05, 0.1) is 19.1 Å². The van der Waals surface area contributed by atoms with E-state index in [1.807, 2.05) is 31.2 Å². The smallest absolute Gasteiger partial charge is 0.191 e. The molecule has 1 aliphatic carbocycles. The maximum absolute atomic E-state index is 9.05. The molecule has 6 heteroatoms. The second kappa shape index (κ2) is 8.39. The highest BCUT2D eigenvalue weighted by Crippen LogP contribution is 2.36. The van der Waals surface area contributed by atoms with Gasteiger partial charge in [-0.3, -0.25) is 4.57 Å². The van der Waals surface area contributed by atoms with Crippen LogP contribution in [0.2, 0.25) is 0 Å². The first-order valence-electron chi connectivity index (χ1n) is 8.84. The number of thioether (sulfide) groups is 1. The van der Waals surface area contributed by atoms with E-state index in [0.29, 0.717) is 6.04 Å². The fourth-order valence-electron chi connectivity index (χ4n) is 3.22. The van der Waals surface area contributed by atoms with Crippen molar-refractivity contribution in [2.75, 3.05) is 12.9 Å². The number of benzene rings is 1. The fourth-order valence-corrected chi connectivity index (χ4v) is 4.16. The lowest BCUT2D eigenvalue weighted by Gasteiger charge is -2.25. The zero-order chi connectivity index (χ0) is 17.6. The Morgan fingerprint density at radius 1 is 1.24 bits per heavy atom. The zero-order valence-electron chi connectivity index (χ0n) is 14.8. The molecule has 1 aromatic heterocycles. The van der Waals surface area contributed by atoms with Gasteiger partial charge in [0.25, 0.3) is 0 Å². The monoisotopic (exact) mass is 356 g/mol. The fraction of sp³-hybridized carbons (Fsp3) is 0.526. The van der Waals surface area contributed by atoms with Crippen LogP contribution in [0.4, 0.5) is 0 Å². The molecule has 1 aromatic carbocycles. The van der Waals surface area contributed by atoms with Crippen LogP contribution in [0.1, 0.15) is 45.1 Å². The SMILES string of the molecule is COc1ccc(-c2nnc(SC[C@H](C)C#N)n2C2CCCCC2)cc1. The Kier molecular flexibility index (Phi) is 5.98. The Labute approximate surface area is 153 Å². The van der Waals surface area contributed by atoms with Crippen LogP contribution in [-0.4, -0.2) is 27.6 Å². The lowest BCUT2D eigenvalue weighted by Crippen LogP contribution is -2.15. The van der Waals surface area contributed by atoms with Crippen molar-refractivity contribution in [2.24, 2.45) is 5.92 Å². The van der Waals surface area contributed by atoms with Crippen LogP contribution < -0.4 is 4.74 Å². The molecule has 132 valence electrons. The standard InChI is InChI=1S/C19H24N4OS/c1-14(12-20)13-25-19-22-21-18(15-8-10-17(24-2)11-9-15)23(19)16-6-4-3-5-7-16/h8-11,14,16H,3-7,13H2,1-2H3/t14-/m1/s1. The van der Waals surface area contributed by atoms with Gasteiger partial charge >= 0.3 is 0 Å². The Morgan fingerprint density at radius 3 is 2.60 bits per heavy atom. The van der Waals surface area contributed by atoms with Crippen LogP contribution in [0, 0.1) is 17.2 Å². The molecule has 1 atom stereocenters. The summed E-state index contributed by atoms with van der Waals surface area (Å²) in [6.45, 7) is 1.94. The summed E-state index contributed by atoms with van der Waals surface area (Å²) in [5.74, 6) is 2.50. The average molecular weight is 356 g/mol. The molecule has 3 rings (SSSR count). The molecule has 0 bridgehead atoms. The molecule has 1 fully saturated rings. The molecule has 1 saturated carbocycles. The molecule has 0 N–H and O–H groups in total. The normalized spacial score (nSPS) is 16.4. The van der Waals surface area contributed by atoms with Crippen LogP contribution in [0.5, 0.6) is 5.75 Å². The van der Waals surface area contributed by atoms with E-state index in [1.165, 1.54) is 32.1 Å². The number of nitrogens with zero attached hydrogens (tertiary/aromatic N) is 4. The molecule has 5 nitrogen and oxygen atoms in total. The van der Waals surface area contributed by atoms with E-state index in [-0.39, 0.29) is 5.92 Å². The molecular weight excluding hydrogens is 332 g/mol. The molecule has 2 aromatic rings. The molecule has 1 heterocycles. The van der Waals surface area contributed by atoms with Crippen LogP contribution >= 0.6 is 11.8 Å². The maximum atomic E-state index is 9.05. The number of methoxy groups -OCH3 is 1. The lowest BCUT2D eigenvalue weighted by atomic mass is 9.95. The summed E-state index contributed by atoms with van der Waals surface area (Å²) in [4.78, 5) is 0. The van der Waals surface area contributed by atoms with Crippen LogP contribution in [-0.2, 0) is 0 Å². The molecular formula is C19H24N4OS. The quantitative estimate of drug-likeness (QED) is 0.701. The minimum atomic E-state index is 0.00550. The lowest BCUT2D eigenvalue weighted by molar-refractivity contribution is 0.339. The third kappa shape index (κ3) is 4.16. The molecule has 0 amide bonds. The van der Waals surface area contributed by atoms with E-state index >= 15 is 0 Å². The predicted octanol–water partition coefficient (Wildman–Crippen LogP) is 4.71. The summed E-state index contributed by atoms with van der Waals surface area (Å²) in [5, 5.41) is 18.9. The van der Waals surface area contributed by atoms with Gasteiger partial charge in [0.15, 0.2) is 11.0 Å². The Bertz CT molecular complexity index is 729. The largest absolute Gasteiger partial charge is 0.497 e. The Morgan fingerprint density at radius 2 is 1.96 bits per heavy atom. The van der Waals surface area contributed by atoms with E-state index in [1.54, 1.807) is 18.9 Å². The van der Waals surface area contributed by atoms with Crippen molar-refractivity contribution < 1.29 is 4.74 Å². The first-order valence-corrected chi connectivity index (χ1v) is 9.83. The third-order valence-electron chi connectivity index (χ3n) is 4.64. The van der Waals surface area contributed by atoms with Gasteiger partial charge in [-0.2, -0.15) is 5.26 Å². The Hall–Kier alpha value is -2.00. The van der Waals surface area contributed by atoms with Crippen molar-refractivity contribution in [3.8, 4) is 23.2 Å². The molecule has 0 unspecified atom stereocenters. The Balaban J connectivity index is 1.93. The van der Waals surface area contributed by atoms with E-state index in [2.05, 4.69) is 20.8 Å². The average Bonchev–Trinajstić information content (AvgIpc) is 3.10. The van der Waals surface area contributed by atoms with Gasteiger partial charge in [-0.05, 0) is 44.0 Å². The molecule has 0 spiro atoms. The summed E-state index contributed by atoms with van der Waals surface area (Å²) in [5.41, 5.74) is 1.05. The highest BCUT2D eigenvalue weighted by atomic mass is 32.2. The topological polar surface area (TPSA) is 63.7 Å². The van der Waals surface area contributed by atoms with Gasteiger partial charge < -0.3 is 4.74 Å². The summed E-state index contributed by atoms with van der Waals surface area (Å²) in [7, 11) is 1.67. The molecule has 0 radical (unpaired) electrons. The van der Waals surface area contributed by atoms with Gasteiger partial charge in [-0.25, -0.2) is 0 Å². The molecule has 0 aliphatic heterocycles. The maximum Gasteiger partial charge on any atom is 0.191 e. The molecule has 25 heavy (non-hydrogen) atoms. The summed E-state index contributed by atoms with van der Waals surface area (Å²) in [6.07, 6.45) is 6.16. The van der Waals surface area contributed by atoms with Gasteiger partial charge in [0, 0.05) is 17.4 Å². The minimum absolute atomic E-state index is 0.00550. The number of aromatic nitrogens is 3. The van der Waals surface area contributed by atoms with Gasteiger partial charge in [0.2, 0.25) is 0 Å². The number of rotatable bonds is 6. The van der Waals surface area contributed by atoms with Crippen LogP contribution in [0.15, 0.2) is 29.4 Å². The van der Waals surface area contributed by atoms with Gasteiger partial charge in [-0.15, -0.1) is 10.2 Å².